The van der Waals surface area contributed by atoms with Crippen LogP contribution >= 0.6 is 0 Å². The van der Waals surface area contributed by atoms with Crippen LogP contribution in [0.25, 0.3) is 0 Å². The van der Waals surface area contributed by atoms with Crippen LogP contribution in [-0.4, -0.2) is 81.4 Å². The normalized spacial score (nSPS) is 55.3. The SMILES string of the molecule is C=C[Si]1(O[Si])O[Si]2(C)O[Si]3(C)O[Si](C)O[Si]4(C)O[Si](C)(O[Si](C)(O2)O[Si](C=C)(O3)O4)O1. The van der Waals surface area contributed by atoms with E-state index in [1.165, 1.54) is 11.4 Å². The van der Waals surface area contributed by atoms with E-state index in [2.05, 4.69) is 23.6 Å². The number of hydrogen-bond donors (Lipinski definition) is 0. The third-order valence-electron chi connectivity index (χ3n) is 4.42. The molecule has 0 aromatic heterocycles. The minimum atomic E-state index is -3.68. The molecule has 0 aromatic carbocycles. The van der Waals surface area contributed by atoms with Crippen molar-refractivity contribution in [1.82, 2.24) is 0 Å². The molecular weight excluding hydrogens is 565 g/mol. The van der Waals surface area contributed by atoms with E-state index in [0.717, 1.165) is 0 Å². The highest BCUT2D eigenvalue weighted by Gasteiger charge is 2.74. The first-order valence-electron chi connectivity index (χ1n) is 9.29. The lowest BCUT2D eigenvalue weighted by molar-refractivity contribution is 0.0183. The van der Waals surface area contributed by atoms with E-state index in [0.29, 0.717) is 0 Å². The second kappa shape index (κ2) is 7.73. The van der Waals surface area contributed by atoms with Crippen LogP contribution in [0, 0.1) is 0 Å². The van der Waals surface area contributed by atoms with Crippen LogP contribution in [0.5, 0.6) is 0 Å². The average molecular weight is 589 g/mol. The maximum atomic E-state index is 6.44. The van der Waals surface area contributed by atoms with E-state index < -0.39 is 70.9 Å². The average Bonchev–Trinajstić information content (AvgIpc) is 2.54. The third kappa shape index (κ3) is 4.74. The fourth-order valence-electron chi connectivity index (χ4n) is 3.87. The first kappa shape index (κ1) is 25.1. The lowest BCUT2D eigenvalue weighted by Gasteiger charge is -2.56. The van der Waals surface area contributed by atoms with Crippen LogP contribution in [-0.2, 0) is 49.4 Å². The van der Waals surface area contributed by atoms with Gasteiger partial charge in [-0.2, -0.15) is 0 Å². The van der Waals surface area contributed by atoms with Crippen LogP contribution in [0.4, 0.5) is 0 Å². The summed E-state index contributed by atoms with van der Waals surface area (Å²) in [4.78, 5) is 0. The van der Waals surface area contributed by atoms with Crippen molar-refractivity contribution in [1.29, 1.82) is 0 Å². The summed E-state index contributed by atoms with van der Waals surface area (Å²) in [6.07, 6.45) is 0. The van der Waals surface area contributed by atoms with Gasteiger partial charge in [-0.25, -0.2) is 0 Å². The van der Waals surface area contributed by atoms with Gasteiger partial charge in [0.1, 0.15) is 0 Å². The molecule has 4 heterocycles. The fraction of sp³-hybridized carbons (Fsp3) is 0.600. The molecule has 0 saturated carbocycles. The van der Waals surface area contributed by atoms with Crippen molar-refractivity contribution < 1.29 is 49.4 Å². The summed E-state index contributed by atoms with van der Waals surface area (Å²) in [5.41, 5.74) is 2.92. The molecule has 0 aliphatic carbocycles. The molecule has 21 heteroatoms. The predicted octanol–water partition coefficient (Wildman–Crippen LogP) is 0.613. The minimum absolute atomic E-state index is 1.43. The van der Waals surface area contributed by atoms with E-state index in [4.69, 9.17) is 49.4 Å². The molecule has 12 nitrogen and oxygen atoms in total. The van der Waals surface area contributed by atoms with E-state index in [1.807, 2.05) is 0 Å². The van der Waals surface area contributed by atoms with Gasteiger partial charge in [-0.05, 0) is 17.9 Å². The molecule has 6 bridgehead atoms. The maximum absolute atomic E-state index is 6.44. The Morgan fingerprint density at radius 1 is 0.645 bits per heavy atom. The quantitative estimate of drug-likeness (QED) is 0.431. The van der Waals surface area contributed by atoms with E-state index >= 15 is 0 Å². The first-order valence-corrected chi connectivity index (χ1v) is 26.2. The summed E-state index contributed by atoms with van der Waals surface area (Å²) in [5.74, 6) is 0. The van der Waals surface area contributed by atoms with Crippen LogP contribution in [0.3, 0.4) is 0 Å². The molecule has 4 rings (SSSR count). The zero-order chi connectivity index (χ0) is 23.0. The van der Waals surface area contributed by atoms with Gasteiger partial charge in [0.25, 0.3) is 0 Å². The molecule has 4 radical (unpaired) electrons. The number of fused-ring (bicyclic) bond motifs is 4. The summed E-state index contributed by atoms with van der Waals surface area (Å²) in [6, 6.07) is 0. The van der Waals surface area contributed by atoms with Gasteiger partial charge in [0.2, 0.25) is 10.5 Å². The Labute approximate surface area is 194 Å². The summed E-state index contributed by atoms with van der Waals surface area (Å²) in [5, 5.41) is 0. The van der Waals surface area contributed by atoms with Gasteiger partial charge in [0, 0.05) is 32.7 Å². The van der Waals surface area contributed by atoms with Crippen molar-refractivity contribution in [3.63, 3.8) is 0 Å². The summed E-state index contributed by atoms with van der Waals surface area (Å²) in [6.45, 7) is 18.0. The molecule has 4 unspecified atom stereocenters. The van der Waals surface area contributed by atoms with Gasteiger partial charge >= 0.3 is 70.9 Å². The Morgan fingerprint density at radius 2 is 1.03 bits per heavy atom. The topological polar surface area (TPSA) is 111 Å². The molecule has 0 amide bonds. The molecule has 0 aromatic rings. The summed E-state index contributed by atoms with van der Waals surface area (Å²) in [7, 11) is -24.0. The van der Waals surface area contributed by atoms with Crippen molar-refractivity contribution in [2.45, 2.75) is 39.3 Å². The third-order valence-corrected chi connectivity index (χ3v) is 36.8. The Morgan fingerprint density at radius 3 is 1.42 bits per heavy atom. The maximum Gasteiger partial charge on any atom is 0.506 e. The lowest BCUT2D eigenvalue weighted by atomic mass is 11.3. The smallest absolute Gasteiger partial charge is 0.413 e. The number of rotatable bonds is 3. The monoisotopic (exact) mass is 588 g/mol. The van der Waals surface area contributed by atoms with E-state index in [9.17, 15) is 0 Å². The minimum Gasteiger partial charge on any atom is -0.413 e. The van der Waals surface area contributed by atoms with Gasteiger partial charge < -0.3 is 49.4 Å². The van der Waals surface area contributed by atoms with Gasteiger partial charge in [-0.15, -0.1) is 13.2 Å². The van der Waals surface area contributed by atoms with Crippen molar-refractivity contribution >= 4 is 81.4 Å². The lowest BCUT2D eigenvalue weighted by Crippen LogP contribution is -2.82. The van der Waals surface area contributed by atoms with Gasteiger partial charge in [0.15, 0.2) is 0 Å². The molecule has 172 valence electrons. The molecule has 4 fully saturated rings. The van der Waals surface area contributed by atoms with Gasteiger partial charge in [-0.3, -0.25) is 0 Å². The fourth-order valence-corrected chi connectivity index (χ4v) is 43.1. The summed E-state index contributed by atoms with van der Waals surface area (Å²) < 4.78 is 75.7. The van der Waals surface area contributed by atoms with Crippen LogP contribution in [0.15, 0.2) is 24.6 Å². The standard InChI is InChI=1S/C10H24O12Si9/c1-9-30(11-23)20-27(6)14-25(4)12-24(3)13-26(5)15-28(7,21-30)17-29(8,16-27)22-31(10-2,18-25)19-26/h9-10H,1-2H2,3-8H3. The molecule has 4 atom stereocenters. The Kier molecular flexibility index (Phi) is 6.24. The molecule has 0 N–H and O–H groups in total. The number of hydrogen-bond acceptors (Lipinski definition) is 12. The second-order valence-corrected chi connectivity index (χ2v) is 30.3. The Balaban J connectivity index is 1.97. The molecule has 4 aliphatic rings. The van der Waals surface area contributed by atoms with Crippen molar-refractivity contribution in [2.24, 2.45) is 0 Å². The predicted molar refractivity (Wildman–Crippen MR) is 120 cm³/mol. The van der Waals surface area contributed by atoms with E-state index in [1.54, 1.807) is 39.3 Å². The zero-order valence-electron chi connectivity index (χ0n) is 18.0. The highest BCUT2D eigenvalue weighted by Crippen LogP contribution is 2.44. The van der Waals surface area contributed by atoms with Crippen LogP contribution < -0.4 is 0 Å². The van der Waals surface area contributed by atoms with Crippen LogP contribution in [0.1, 0.15) is 0 Å². The van der Waals surface area contributed by atoms with Crippen molar-refractivity contribution in [2.75, 3.05) is 0 Å². The highest BCUT2D eigenvalue weighted by molar-refractivity contribution is 7.00. The molecule has 4 saturated heterocycles. The van der Waals surface area contributed by atoms with Crippen molar-refractivity contribution in [3.8, 4) is 0 Å². The van der Waals surface area contributed by atoms with E-state index in [-0.39, 0.29) is 0 Å². The highest BCUT2D eigenvalue weighted by atomic mass is 28.6. The molecule has 0 spiro atoms. The Hall–Kier alpha value is 0.952. The first-order chi connectivity index (χ1) is 14.1. The molecule has 4 aliphatic heterocycles. The zero-order valence-corrected chi connectivity index (χ0v) is 27.0. The van der Waals surface area contributed by atoms with Gasteiger partial charge in [-0.1, -0.05) is 0 Å². The molecule has 31 heavy (non-hydrogen) atoms. The summed E-state index contributed by atoms with van der Waals surface area (Å²) >= 11 is 0. The van der Waals surface area contributed by atoms with Crippen molar-refractivity contribution in [3.05, 3.63) is 24.6 Å². The largest absolute Gasteiger partial charge is 0.506 e. The molecular formula is C10H24O12Si9. The van der Waals surface area contributed by atoms with Crippen LogP contribution in [0.2, 0.25) is 39.3 Å². The Bertz CT molecular complexity index is 742. The van der Waals surface area contributed by atoms with Gasteiger partial charge in [0.05, 0.1) is 0 Å². The second-order valence-electron chi connectivity index (χ2n) is 7.64.